The first-order valence-electron chi connectivity index (χ1n) is 10.5. The molecule has 4 rings (SSSR count). The SMILES string of the molecule is CC(=O)N1c2ccccc2[C@H](N(C(=O)c2ccc(Cl)c([N+](=O)[O-])c2)c2ccccc2)C[C@H]1C. The van der Waals surface area contributed by atoms with E-state index in [1.807, 2.05) is 61.5 Å². The number of para-hydroxylation sites is 2. The van der Waals surface area contributed by atoms with Gasteiger partial charge in [-0.3, -0.25) is 19.7 Å². The minimum absolute atomic E-state index is 0.0310. The highest BCUT2D eigenvalue weighted by Gasteiger charge is 2.38. The molecule has 1 aliphatic rings. The molecule has 0 saturated carbocycles. The number of anilines is 2. The van der Waals surface area contributed by atoms with Crippen molar-refractivity contribution >= 4 is 40.5 Å². The predicted molar refractivity (Wildman–Crippen MR) is 128 cm³/mol. The number of halogens is 1. The lowest BCUT2D eigenvalue weighted by molar-refractivity contribution is -0.384. The highest BCUT2D eigenvalue weighted by atomic mass is 35.5. The van der Waals surface area contributed by atoms with Crippen molar-refractivity contribution in [2.24, 2.45) is 0 Å². The van der Waals surface area contributed by atoms with Gasteiger partial charge in [0.25, 0.3) is 11.6 Å². The van der Waals surface area contributed by atoms with E-state index in [0.29, 0.717) is 12.1 Å². The number of rotatable bonds is 4. The molecule has 33 heavy (non-hydrogen) atoms. The molecule has 1 aliphatic heterocycles. The molecule has 3 aromatic carbocycles. The molecule has 0 saturated heterocycles. The van der Waals surface area contributed by atoms with Gasteiger partial charge in [-0.05, 0) is 49.2 Å². The van der Waals surface area contributed by atoms with Crippen LogP contribution in [0.15, 0.2) is 72.8 Å². The van der Waals surface area contributed by atoms with E-state index < -0.39 is 4.92 Å². The Morgan fingerprint density at radius 1 is 1.06 bits per heavy atom. The topological polar surface area (TPSA) is 83.8 Å². The van der Waals surface area contributed by atoms with E-state index in [4.69, 9.17) is 11.6 Å². The normalized spacial score (nSPS) is 17.2. The van der Waals surface area contributed by atoms with Gasteiger partial charge in [0.15, 0.2) is 0 Å². The highest BCUT2D eigenvalue weighted by Crippen LogP contribution is 2.43. The zero-order valence-corrected chi connectivity index (χ0v) is 18.9. The second-order valence-electron chi connectivity index (χ2n) is 7.98. The molecule has 2 atom stereocenters. The van der Waals surface area contributed by atoms with Crippen LogP contribution in [0.3, 0.4) is 0 Å². The van der Waals surface area contributed by atoms with Crippen molar-refractivity contribution < 1.29 is 14.5 Å². The van der Waals surface area contributed by atoms with Gasteiger partial charge in [-0.25, -0.2) is 0 Å². The summed E-state index contributed by atoms with van der Waals surface area (Å²) >= 11 is 5.97. The molecule has 0 radical (unpaired) electrons. The Bertz CT molecular complexity index is 1230. The Balaban J connectivity index is 1.87. The van der Waals surface area contributed by atoms with Crippen LogP contribution in [0.4, 0.5) is 17.1 Å². The van der Waals surface area contributed by atoms with Gasteiger partial charge in [0.05, 0.1) is 11.0 Å². The molecular weight excluding hydrogens is 442 g/mol. The van der Waals surface area contributed by atoms with E-state index in [9.17, 15) is 19.7 Å². The molecule has 0 aromatic heterocycles. The van der Waals surface area contributed by atoms with Crippen LogP contribution in [0.5, 0.6) is 0 Å². The Hall–Kier alpha value is -3.71. The van der Waals surface area contributed by atoms with Crippen LogP contribution in [0, 0.1) is 10.1 Å². The summed E-state index contributed by atoms with van der Waals surface area (Å²) < 4.78 is 0. The molecular formula is C25H22ClN3O4. The number of hydrogen-bond donors (Lipinski definition) is 0. The minimum atomic E-state index is -0.602. The van der Waals surface area contributed by atoms with Crippen LogP contribution in [-0.2, 0) is 4.79 Å². The van der Waals surface area contributed by atoms with Gasteiger partial charge in [0.2, 0.25) is 5.91 Å². The number of carbonyl (C=O) groups is 2. The summed E-state index contributed by atoms with van der Waals surface area (Å²) in [6.45, 7) is 3.48. The van der Waals surface area contributed by atoms with Gasteiger partial charge in [-0.1, -0.05) is 48.0 Å². The van der Waals surface area contributed by atoms with Crippen molar-refractivity contribution in [1.82, 2.24) is 0 Å². The molecule has 2 amide bonds. The minimum Gasteiger partial charge on any atom is -0.309 e. The van der Waals surface area contributed by atoms with Crippen LogP contribution < -0.4 is 9.80 Å². The lowest BCUT2D eigenvalue weighted by Crippen LogP contribution is -2.47. The summed E-state index contributed by atoms with van der Waals surface area (Å²) in [6.07, 6.45) is 0.507. The van der Waals surface area contributed by atoms with Crippen molar-refractivity contribution in [2.45, 2.75) is 32.4 Å². The first kappa shape index (κ1) is 22.5. The smallest absolute Gasteiger partial charge is 0.288 e. The van der Waals surface area contributed by atoms with Crippen molar-refractivity contribution in [3.63, 3.8) is 0 Å². The third kappa shape index (κ3) is 4.19. The number of nitro groups is 1. The lowest BCUT2D eigenvalue weighted by atomic mass is 9.89. The number of amides is 2. The highest BCUT2D eigenvalue weighted by molar-refractivity contribution is 6.32. The van der Waals surface area contributed by atoms with E-state index in [1.165, 1.54) is 25.1 Å². The molecule has 168 valence electrons. The zero-order valence-electron chi connectivity index (χ0n) is 18.1. The van der Waals surface area contributed by atoms with Crippen molar-refractivity contribution in [3.05, 3.63) is 99.1 Å². The van der Waals surface area contributed by atoms with Gasteiger partial charge in [0, 0.05) is 36.0 Å². The number of nitrogens with zero attached hydrogens (tertiary/aromatic N) is 3. The lowest BCUT2D eigenvalue weighted by Gasteiger charge is -2.43. The van der Waals surface area contributed by atoms with E-state index in [1.54, 1.807) is 9.80 Å². The van der Waals surface area contributed by atoms with Gasteiger partial charge in [-0.15, -0.1) is 0 Å². The van der Waals surface area contributed by atoms with Crippen LogP contribution in [0.2, 0.25) is 5.02 Å². The first-order valence-corrected chi connectivity index (χ1v) is 10.9. The fourth-order valence-electron chi connectivity index (χ4n) is 4.46. The van der Waals surface area contributed by atoms with E-state index >= 15 is 0 Å². The quantitative estimate of drug-likeness (QED) is 0.362. The fourth-order valence-corrected chi connectivity index (χ4v) is 4.64. The number of fused-ring (bicyclic) bond motifs is 1. The first-order chi connectivity index (χ1) is 15.8. The monoisotopic (exact) mass is 463 g/mol. The van der Waals surface area contributed by atoms with Gasteiger partial charge >= 0.3 is 0 Å². The molecule has 0 fully saturated rings. The third-order valence-electron chi connectivity index (χ3n) is 5.85. The van der Waals surface area contributed by atoms with Crippen molar-refractivity contribution in [3.8, 4) is 0 Å². The second-order valence-corrected chi connectivity index (χ2v) is 8.39. The summed E-state index contributed by atoms with van der Waals surface area (Å²) in [6, 6.07) is 20.2. The molecule has 0 spiro atoms. The Morgan fingerprint density at radius 2 is 1.73 bits per heavy atom. The van der Waals surface area contributed by atoms with E-state index in [2.05, 4.69) is 0 Å². The average Bonchev–Trinajstić information content (AvgIpc) is 2.79. The Morgan fingerprint density at radius 3 is 2.39 bits per heavy atom. The molecule has 1 heterocycles. The standard InChI is InChI=1S/C25H22ClN3O4/c1-16-14-23(20-10-6-7-11-22(20)27(16)17(2)30)28(19-8-4-3-5-9-19)25(31)18-12-13-21(26)24(15-18)29(32)33/h3-13,15-16,23H,14H2,1-2H3/t16-,23-/m1/s1. The maximum absolute atomic E-state index is 13.8. The fraction of sp³-hybridized carbons (Fsp3) is 0.200. The summed E-state index contributed by atoms with van der Waals surface area (Å²) in [5.41, 5.74) is 2.09. The number of benzene rings is 3. The summed E-state index contributed by atoms with van der Waals surface area (Å²) in [7, 11) is 0. The molecule has 0 bridgehead atoms. The number of carbonyl (C=O) groups excluding carboxylic acids is 2. The summed E-state index contributed by atoms with van der Waals surface area (Å²) in [5, 5.41) is 11.4. The largest absolute Gasteiger partial charge is 0.309 e. The zero-order chi connectivity index (χ0) is 23.7. The van der Waals surface area contributed by atoms with Crippen molar-refractivity contribution in [1.29, 1.82) is 0 Å². The van der Waals surface area contributed by atoms with Gasteiger partial charge in [0.1, 0.15) is 5.02 Å². The van der Waals surface area contributed by atoms with E-state index in [-0.39, 0.29) is 40.2 Å². The third-order valence-corrected chi connectivity index (χ3v) is 6.17. The van der Waals surface area contributed by atoms with Crippen LogP contribution in [0.25, 0.3) is 0 Å². The molecule has 7 nitrogen and oxygen atoms in total. The number of hydrogen-bond acceptors (Lipinski definition) is 4. The van der Waals surface area contributed by atoms with E-state index in [0.717, 1.165) is 11.3 Å². The predicted octanol–water partition coefficient (Wildman–Crippen LogP) is 5.78. The molecule has 0 unspecified atom stereocenters. The molecule has 8 heteroatoms. The summed E-state index contributed by atoms with van der Waals surface area (Å²) in [5.74, 6) is -0.455. The molecule has 0 aliphatic carbocycles. The average molecular weight is 464 g/mol. The van der Waals surface area contributed by atoms with Gasteiger partial charge in [-0.2, -0.15) is 0 Å². The van der Waals surface area contributed by atoms with Crippen LogP contribution in [-0.4, -0.2) is 22.8 Å². The van der Waals surface area contributed by atoms with Crippen molar-refractivity contribution in [2.75, 3.05) is 9.80 Å². The molecule has 3 aromatic rings. The molecule has 0 N–H and O–H groups in total. The van der Waals surface area contributed by atoms with Gasteiger partial charge < -0.3 is 9.80 Å². The van der Waals surface area contributed by atoms with Crippen LogP contribution >= 0.6 is 11.6 Å². The number of nitro benzene ring substituents is 1. The van der Waals surface area contributed by atoms with Crippen LogP contribution in [0.1, 0.15) is 42.2 Å². The Labute approximate surface area is 196 Å². The Kier molecular flexibility index (Phi) is 6.16. The second kappa shape index (κ2) is 9.03. The summed E-state index contributed by atoms with van der Waals surface area (Å²) in [4.78, 5) is 40.4. The maximum Gasteiger partial charge on any atom is 0.288 e. The maximum atomic E-state index is 13.8.